The SMILES string of the molecule is Cc1cc(C)c2c(c1)C(NC(=O)c1oc3ccccc3c1CSc1ncccn1)CCO2. The lowest BCUT2D eigenvalue weighted by Crippen LogP contribution is -2.32. The maximum atomic E-state index is 13.4. The highest BCUT2D eigenvalue weighted by atomic mass is 32.2. The predicted octanol–water partition coefficient (Wildman–Crippen LogP) is 5.39. The molecule has 0 fully saturated rings. The number of amides is 1. The van der Waals surface area contributed by atoms with Crippen LogP contribution in [0.15, 0.2) is 64.4 Å². The van der Waals surface area contributed by atoms with Crippen molar-refractivity contribution in [2.45, 2.75) is 37.2 Å². The van der Waals surface area contributed by atoms with E-state index < -0.39 is 0 Å². The van der Waals surface area contributed by atoms with Gasteiger partial charge in [0.2, 0.25) is 0 Å². The maximum Gasteiger partial charge on any atom is 0.287 e. The summed E-state index contributed by atoms with van der Waals surface area (Å²) in [5.41, 5.74) is 4.80. The van der Waals surface area contributed by atoms with Gasteiger partial charge in [0, 0.05) is 41.1 Å². The first-order chi connectivity index (χ1) is 15.6. The lowest BCUT2D eigenvalue weighted by atomic mass is 9.95. The number of nitrogens with zero attached hydrogens (tertiary/aromatic N) is 2. The van der Waals surface area contributed by atoms with Crippen molar-refractivity contribution in [3.63, 3.8) is 0 Å². The Labute approximate surface area is 190 Å². The van der Waals surface area contributed by atoms with Gasteiger partial charge in [0.15, 0.2) is 10.9 Å². The number of benzene rings is 2. The van der Waals surface area contributed by atoms with Crippen molar-refractivity contribution in [1.82, 2.24) is 15.3 Å². The fourth-order valence-corrected chi connectivity index (χ4v) is 5.00. The first-order valence-corrected chi connectivity index (χ1v) is 11.5. The van der Waals surface area contributed by atoms with Gasteiger partial charge >= 0.3 is 0 Å². The van der Waals surface area contributed by atoms with E-state index in [0.29, 0.717) is 35.3 Å². The molecular weight excluding hydrogens is 422 g/mol. The third kappa shape index (κ3) is 3.96. The fraction of sp³-hybridized carbons (Fsp3) is 0.240. The molecule has 0 spiro atoms. The lowest BCUT2D eigenvalue weighted by Gasteiger charge is -2.28. The zero-order valence-corrected chi connectivity index (χ0v) is 18.7. The molecule has 3 heterocycles. The van der Waals surface area contributed by atoms with Crippen molar-refractivity contribution >= 4 is 28.6 Å². The van der Waals surface area contributed by atoms with Crippen molar-refractivity contribution in [3.05, 3.63) is 82.9 Å². The second-order valence-corrected chi connectivity index (χ2v) is 8.83. The van der Waals surface area contributed by atoms with Crippen molar-refractivity contribution in [1.29, 1.82) is 0 Å². The molecule has 6 nitrogen and oxygen atoms in total. The van der Waals surface area contributed by atoms with Crippen LogP contribution < -0.4 is 10.1 Å². The number of furan rings is 1. The molecule has 32 heavy (non-hydrogen) atoms. The number of ether oxygens (including phenoxy) is 1. The van der Waals surface area contributed by atoms with Gasteiger partial charge in [0.25, 0.3) is 5.91 Å². The molecule has 1 aliphatic heterocycles. The van der Waals surface area contributed by atoms with Crippen LogP contribution in [-0.2, 0) is 5.75 Å². The van der Waals surface area contributed by atoms with Crippen LogP contribution in [-0.4, -0.2) is 22.5 Å². The number of carbonyl (C=O) groups is 1. The van der Waals surface area contributed by atoms with Crippen LogP contribution in [0.3, 0.4) is 0 Å². The van der Waals surface area contributed by atoms with E-state index in [9.17, 15) is 4.79 Å². The lowest BCUT2D eigenvalue weighted by molar-refractivity contribution is 0.0897. The molecule has 1 unspecified atom stereocenters. The third-order valence-electron chi connectivity index (χ3n) is 5.57. The molecule has 1 atom stereocenters. The first-order valence-electron chi connectivity index (χ1n) is 10.5. The van der Waals surface area contributed by atoms with Crippen LogP contribution >= 0.6 is 11.8 Å². The number of fused-ring (bicyclic) bond motifs is 2. The number of rotatable bonds is 5. The third-order valence-corrected chi connectivity index (χ3v) is 6.48. The second-order valence-electron chi connectivity index (χ2n) is 7.89. The number of nitrogens with one attached hydrogen (secondary N) is 1. The summed E-state index contributed by atoms with van der Waals surface area (Å²) in [6.45, 7) is 4.66. The van der Waals surface area contributed by atoms with Crippen LogP contribution in [0.1, 0.15) is 45.3 Å². The quantitative estimate of drug-likeness (QED) is 0.328. The van der Waals surface area contributed by atoms with Crippen LogP contribution in [0.4, 0.5) is 0 Å². The number of aromatic nitrogens is 2. The van der Waals surface area contributed by atoms with Gasteiger partial charge in [-0.25, -0.2) is 9.97 Å². The number of hydrogen-bond donors (Lipinski definition) is 1. The number of aryl methyl sites for hydroxylation is 2. The summed E-state index contributed by atoms with van der Waals surface area (Å²) in [7, 11) is 0. The fourth-order valence-electron chi connectivity index (χ4n) is 4.17. The summed E-state index contributed by atoms with van der Waals surface area (Å²) in [6.07, 6.45) is 4.13. The first kappa shape index (κ1) is 20.6. The molecule has 0 radical (unpaired) electrons. The highest BCUT2D eigenvalue weighted by molar-refractivity contribution is 7.98. The summed E-state index contributed by atoms with van der Waals surface area (Å²) in [4.78, 5) is 22.0. The smallest absolute Gasteiger partial charge is 0.287 e. The van der Waals surface area contributed by atoms with E-state index in [1.165, 1.54) is 11.8 Å². The molecule has 0 aliphatic carbocycles. The minimum absolute atomic E-state index is 0.129. The molecule has 0 saturated carbocycles. The van der Waals surface area contributed by atoms with E-state index in [-0.39, 0.29) is 11.9 Å². The maximum absolute atomic E-state index is 13.4. The second kappa shape index (κ2) is 8.67. The monoisotopic (exact) mass is 445 g/mol. The molecule has 0 saturated heterocycles. The highest BCUT2D eigenvalue weighted by Gasteiger charge is 2.28. The van der Waals surface area contributed by atoms with Gasteiger partial charge in [-0.2, -0.15) is 0 Å². The number of hydrogen-bond acceptors (Lipinski definition) is 6. The van der Waals surface area contributed by atoms with Gasteiger partial charge in [-0.05, 0) is 31.5 Å². The number of thioether (sulfide) groups is 1. The van der Waals surface area contributed by atoms with Gasteiger partial charge in [-0.15, -0.1) is 0 Å². The summed E-state index contributed by atoms with van der Waals surface area (Å²) < 4.78 is 11.9. The molecule has 162 valence electrons. The predicted molar refractivity (Wildman–Crippen MR) is 124 cm³/mol. The molecule has 5 rings (SSSR count). The molecule has 0 bridgehead atoms. The normalized spacial score (nSPS) is 15.2. The van der Waals surface area contributed by atoms with Crippen LogP contribution in [0.2, 0.25) is 0 Å². The molecule has 4 aromatic rings. The Balaban J connectivity index is 1.46. The summed E-state index contributed by atoms with van der Waals surface area (Å²) in [5, 5.41) is 4.78. The average Bonchev–Trinajstić information content (AvgIpc) is 3.18. The minimum Gasteiger partial charge on any atom is -0.493 e. The zero-order chi connectivity index (χ0) is 22.1. The largest absolute Gasteiger partial charge is 0.493 e. The van der Waals surface area contributed by atoms with E-state index >= 15 is 0 Å². The topological polar surface area (TPSA) is 77.3 Å². The number of carbonyl (C=O) groups excluding carboxylic acids is 1. The van der Waals surface area contributed by atoms with Crippen molar-refractivity contribution < 1.29 is 13.9 Å². The van der Waals surface area contributed by atoms with Crippen LogP contribution in [0, 0.1) is 13.8 Å². The summed E-state index contributed by atoms with van der Waals surface area (Å²) >= 11 is 1.48. The Morgan fingerprint density at radius 2 is 1.97 bits per heavy atom. The molecule has 2 aromatic heterocycles. The Morgan fingerprint density at radius 3 is 2.81 bits per heavy atom. The standard InChI is InChI=1S/C25H23N3O3S/c1-15-12-16(2)22-18(13-15)20(8-11-30-22)28-24(29)23-19(14-32-25-26-9-5-10-27-25)17-6-3-4-7-21(17)31-23/h3-7,9-10,12-13,20H,8,11,14H2,1-2H3,(H,28,29). The van der Waals surface area contributed by atoms with E-state index in [4.69, 9.17) is 9.15 Å². The molecule has 7 heteroatoms. The Morgan fingerprint density at radius 1 is 1.16 bits per heavy atom. The Hall–Kier alpha value is -3.32. The summed E-state index contributed by atoms with van der Waals surface area (Å²) in [5.74, 6) is 1.52. The van der Waals surface area contributed by atoms with Gasteiger partial charge in [0.05, 0.1) is 12.6 Å². The average molecular weight is 446 g/mol. The van der Waals surface area contributed by atoms with Gasteiger partial charge < -0.3 is 14.5 Å². The van der Waals surface area contributed by atoms with Crippen molar-refractivity contribution in [3.8, 4) is 5.75 Å². The van der Waals surface area contributed by atoms with E-state index in [1.807, 2.05) is 31.2 Å². The Bertz CT molecular complexity index is 1290. The van der Waals surface area contributed by atoms with E-state index in [2.05, 4.69) is 34.3 Å². The van der Waals surface area contributed by atoms with Gasteiger partial charge in [-0.3, -0.25) is 4.79 Å². The molecule has 1 N–H and O–H groups in total. The van der Waals surface area contributed by atoms with Crippen LogP contribution in [0.5, 0.6) is 5.75 Å². The molecule has 2 aromatic carbocycles. The molecule has 1 aliphatic rings. The zero-order valence-electron chi connectivity index (χ0n) is 17.9. The Kier molecular flexibility index (Phi) is 5.57. The summed E-state index contributed by atoms with van der Waals surface area (Å²) in [6, 6.07) is 13.6. The molecular formula is C25H23N3O3S. The van der Waals surface area contributed by atoms with Crippen LogP contribution in [0.25, 0.3) is 11.0 Å². The van der Waals surface area contributed by atoms with Gasteiger partial charge in [0.1, 0.15) is 11.3 Å². The van der Waals surface area contributed by atoms with E-state index in [1.54, 1.807) is 18.5 Å². The highest BCUT2D eigenvalue weighted by Crippen LogP contribution is 2.37. The van der Waals surface area contributed by atoms with Gasteiger partial charge in [-0.1, -0.05) is 47.7 Å². The molecule has 1 amide bonds. The van der Waals surface area contributed by atoms with E-state index in [0.717, 1.165) is 33.4 Å². The minimum atomic E-state index is -0.220. The van der Waals surface area contributed by atoms with Crippen molar-refractivity contribution in [2.75, 3.05) is 6.61 Å². The number of para-hydroxylation sites is 1. The van der Waals surface area contributed by atoms with Crippen molar-refractivity contribution in [2.24, 2.45) is 0 Å².